The van der Waals surface area contributed by atoms with Gasteiger partial charge in [0.2, 0.25) is 0 Å². The molecule has 2 heteroatoms. The van der Waals surface area contributed by atoms with E-state index in [4.69, 9.17) is 5.41 Å². The Labute approximate surface area is 103 Å². The third-order valence-electron chi connectivity index (χ3n) is 3.04. The van der Waals surface area contributed by atoms with Gasteiger partial charge in [0.1, 0.15) is 0 Å². The molecule has 0 atom stereocenters. The topological polar surface area (TPSA) is 35.9 Å². The Morgan fingerprint density at radius 2 is 1.88 bits per heavy atom. The van der Waals surface area contributed by atoms with E-state index in [2.05, 4.69) is 19.2 Å². The molecule has 0 aliphatic heterocycles. The maximum absolute atomic E-state index is 8.30. The first-order chi connectivity index (χ1) is 8.18. The first-order valence-corrected chi connectivity index (χ1v) is 6.31. The molecule has 0 spiro atoms. The predicted octanol–water partition coefficient (Wildman–Crippen LogP) is 3.49. The Hall–Kier alpha value is -1.57. The highest BCUT2D eigenvalue weighted by Crippen LogP contribution is 2.27. The second-order valence-electron chi connectivity index (χ2n) is 4.85. The number of allylic oxidation sites excluding steroid dienone is 2. The molecule has 0 aromatic heterocycles. The molecule has 0 fully saturated rings. The van der Waals surface area contributed by atoms with Crippen LogP contribution in [0.2, 0.25) is 0 Å². The number of benzene rings is 1. The molecule has 1 aromatic carbocycles. The molecule has 2 nitrogen and oxygen atoms in total. The fourth-order valence-corrected chi connectivity index (χ4v) is 2.31. The van der Waals surface area contributed by atoms with Crippen molar-refractivity contribution in [2.45, 2.75) is 39.2 Å². The van der Waals surface area contributed by atoms with Crippen LogP contribution in [0.15, 0.2) is 41.6 Å². The molecule has 0 saturated heterocycles. The van der Waals surface area contributed by atoms with Gasteiger partial charge in [0.25, 0.3) is 0 Å². The van der Waals surface area contributed by atoms with E-state index < -0.39 is 0 Å². The predicted molar refractivity (Wildman–Crippen MR) is 72.4 cm³/mol. The van der Waals surface area contributed by atoms with Gasteiger partial charge in [-0.2, -0.15) is 0 Å². The van der Waals surface area contributed by atoms with E-state index in [9.17, 15) is 0 Å². The minimum Gasteiger partial charge on any atom is -0.386 e. The van der Waals surface area contributed by atoms with Gasteiger partial charge in [0.15, 0.2) is 0 Å². The third kappa shape index (κ3) is 2.76. The molecule has 17 heavy (non-hydrogen) atoms. The SMILES string of the molecule is CC(C)NC1=C(C(=N)c2ccccc2)CCC1. The van der Waals surface area contributed by atoms with Crippen molar-refractivity contribution >= 4 is 5.71 Å². The molecule has 90 valence electrons. The van der Waals surface area contributed by atoms with Crippen molar-refractivity contribution in [3.63, 3.8) is 0 Å². The van der Waals surface area contributed by atoms with Crippen molar-refractivity contribution in [3.05, 3.63) is 47.2 Å². The molecular weight excluding hydrogens is 208 g/mol. The lowest BCUT2D eigenvalue weighted by Gasteiger charge is -2.14. The first-order valence-electron chi connectivity index (χ1n) is 6.31. The van der Waals surface area contributed by atoms with Crippen LogP contribution < -0.4 is 5.32 Å². The summed E-state index contributed by atoms with van der Waals surface area (Å²) < 4.78 is 0. The van der Waals surface area contributed by atoms with Crippen LogP contribution in [0.25, 0.3) is 0 Å². The third-order valence-corrected chi connectivity index (χ3v) is 3.04. The van der Waals surface area contributed by atoms with Crippen LogP contribution in [-0.2, 0) is 0 Å². The molecular formula is C15H20N2. The van der Waals surface area contributed by atoms with E-state index in [1.54, 1.807) is 0 Å². The van der Waals surface area contributed by atoms with Gasteiger partial charge in [0, 0.05) is 11.7 Å². The van der Waals surface area contributed by atoms with Gasteiger partial charge in [-0.3, -0.25) is 5.41 Å². The molecule has 0 bridgehead atoms. The van der Waals surface area contributed by atoms with E-state index >= 15 is 0 Å². The summed E-state index contributed by atoms with van der Waals surface area (Å²) in [5.41, 5.74) is 4.18. The van der Waals surface area contributed by atoms with Crippen LogP contribution in [0, 0.1) is 5.41 Å². The van der Waals surface area contributed by atoms with Crippen molar-refractivity contribution in [1.29, 1.82) is 5.41 Å². The molecule has 1 aliphatic rings. The van der Waals surface area contributed by atoms with Gasteiger partial charge >= 0.3 is 0 Å². The monoisotopic (exact) mass is 228 g/mol. The first kappa shape index (κ1) is 11.9. The Morgan fingerprint density at radius 3 is 2.53 bits per heavy atom. The normalized spacial score (nSPS) is 15.5. The van der Waals surface area contributed by atoms with Crippen LogP contribution in [0.3, 0.4) is 0 Å². The van der Waals surface area contributed by atoms with E-state index in [1.165, 1.54) is 17.7 Å². The molecule has 2 N–H and O–H groups in total. The minimum atomic E-state index is 0.446. The van der Waals surface area contributed by atoms with E-state index in [1.807, 2.05) is 30.3 Å². The Kier molecular flexibility index (Phi) is 3.62. The summed E-state index contributed by atoms with van der Waals surface area (Å²) in [4.78, 5) is 0. The van der Waals surface area contributed by atoms with Crippen LogP contribution in [0.1, 0.15) is 38.7 Å². The van der Waals surface area contributed by atoms with Crippen molar-refractivity contribution in [2.75, 3.05) is 0 Å². The van der Waals surface area contributed by atoms with Gasteiger partial charge in [-0.1, -0.05) is 30.3 Å². The zero-order chi connectivity index (χ0) is 12.3. The Balaban J connectivity index is 2.24. The Morgan fingerprint density at radius 1 is 1.18 bits per heavy atom. The molecule has 1 aliphatic carbocycles. The zero-order valence-electron chi connectivity index (χ0n) is 10.6. The number of hydrogen-bond acceptors (Lipinski definition) is 2. The highest BCUT2D eigenvalue weighted by atomic mass is 14.9. The summed E-state index contributed by atoms with van der Waals surface area (Å²) in [7, 11) is 0. The highest BCUT2D eigenvalue weighted by molar-refractivity contribution is 6.11. The largest absolute Gasteiger partial charge is 0.386 e. The summed E-state index contributed by atoms with van der Waals surface area (Å²) in [6.45, 7) is 4.30. The smallest absolute Gasteiger partial charge is 0.0661 e. The zero-order valence-corrected chi connectivity index (χ0v) is 10.6. The summed E-state index contributed by atoms with van der Waals surface area (Å²) in [5, 5.41) is 11.8. The van der Waals surface area contributed by atoms with Crippen LogP contribution >= 0.6 is 0 Å². The van der Waals surface area contributed by atoms with Crippen LogP contribution in [0.5, 0.6) is 0 Å². The fourth-order valence-electron chi connectivity index (χ4n) is 2.31. The quantitative estimate of drug-likeness (QED) is 0.760. The Bertz CT molecular complexity index is 429. The maximum Gasteiger partial charge on any atom is 0.0661 e. The van der Waals surface area contributed by atoms with Gasteiger partial charge in [-0.25, -0.2) is 0 Å². The molecule has 0 heterocycles. The molecule has 0 amide bonds. The van der Waals surface area contributed by atoms with Crippen molar-refractivity contribution in [3.8, 4) is 0 Å². The summed E-state index contributed by atoms with van der Waals surface area (Å²) >= 11 is 0. The summed E-state index contributed by atoms with van der Waals surface area (Å²) in [6, 6.07) is 10.5. The molecule has 1 aromatic rings. The lowest BCUT2D eigenvalue weighted by molar-refractivity contribution is 0.649. The lowest BCUT2D eigenvalue weighted by atomic mass is 10.0. The fraction of sp³-hybridized carbons (Fsp3) is 0.400. The van der Waals surface area contributed by atoms with Gasteiger partial charge in [-0.15, -0.1) is 0 Å². The molecule has 0 unspecified atom stereocenters. The van der Waals surface area contributed by atoms with Crippen molar-refractivity contribution < 1.29 is 0 Å². The van der Waals surface area contributed by atoms with Gasteiger partial charge < -0.3 is 5.32 Å². The standard InChI is InChI=1S/C15H20N2/c1-11(2)17-14-10-6-9-13(14)15(16)12-7-4-3-5-8-12/h3-5,7-8,11,16-17H,6,9-10H2,1-2H3. The number of rotatable bonds is 4. The summed E-state index contributed by atoms with van der Waals surface area (Å²) in [5.74, 6) is 0. The minimum absolute atomic E-state index is 0.446. The highest BCUT2D eigenvalue weighted by Gasteiger charge is 2.19. The molecule has 0 saturated carbocycles. The lowest BCUT2D eigenvalue weighted by Crippen LogP contribution is -2.23. The van der Waals surface area contributed by atoms with Crippen LogP contribution in [0.4, 0.5) is 0 Å². The maximum atomic E-state index is 8.30. The second-order valence-corrected chi connectivity index (χ2v) is 4.85. The average molecular weight is 228 g/mol. The second kappa shape index (κ2) is 5.17. The van der Waals surface area contributed by atoms with E-state index in [-0.39, 0.29) is 0 Å². The van der Waals surface area contributed by atoms with Crippen LogP contribution in [-0.4, -0.2) is 11.8 Å². The number of hydrogen-bond donors (Lipinski definition) is 2. The van der Waals surface area contributed by atoms with Crippen molar-refractivity contribution in [2.24, 2.45) is 0 Å². The van der Waals surface area contributed by atoms with Crippen molar-refractivity contribution in [1.82, 2.24) is 5.32 Å². The number of nitrogens with one attached hydrogen (secondary N) is 2. The van der Waals surface area contributed by atoms with E-state index in [0.717, 1.165) is 18.4 Å². The molecule has 0 radical (unpaired) electrons. The van der Waals surface area contributed by atoms with Gasteiger partial charge in [-0.05, 0) is 44.2 Å². The van der Waals surface area contributed by atoms with E-state index in [0.29, 0.717) is 11.8 Å². The molecule has 2 rings (SSSR count). The summed E-state index contributed by atoms with van der Waals surface area (Å²) in [6.07, 6.45) is 3.28. The average Bonchev–Trinajstić information content (AvgIpc) is 2.76. The van der Waals surface area contributed by atoms with Gasteiger partial charge in [0.05, 0.1) is 5.71 Å².